The zero-order chi connectivity index (χ0) is 10.9. The maximum Gasteiger partial charge on any atom is 0.228 e. The Hall–Kier alpha value is -0.790. The van der Waals surface area contributed by atoms with Crippen molar-refractivity contribution in [2.24, 2.45) is 11.3 Å². The second-order valence-electron chi connectivity index (χ2n) is 5.37. The molecule has 0 saturated carbocycles. The van der Waals surface area contributed by atoms with Crippen LogP contribution in [0, 0.1) is 11.3 Å². The zero-order valence-electron chi connectivity index (χ0n) is 9.92. The standard InChI is InChI=1S/C12H21NO/c1-9(2)10-6-7-13(8-10)11(14)12(3,4)5/h6,9H,7-8H2,1-5H3. The molecule has 0 saturated heterocycles. The van der Waals surface area contributed by atoms with Crippen molar-refractivity contribution in [1.82, 2.24) is 4.90 Å². The van der Waals surface area contributed by atoms with Crippen molar-refractivity contribution in [2.75, 3.05) is 13.1 Å². The Morgan fingerprint density at radius 2 is 2.00 bits per heavy atom. The van der Waals surface area contributed by atoms with E-state index < -0.39 is 0 Å². The van der Waals surface area contributed by atoms with Crippen LogP contribution in [0.25, 0.3) is 0 Å². The minimum Gasteiger partial charge on any atom is -0.335 e. The van der Waals surface area contributed by atoms with Gasteiger partial charge in [-0.3, -0.25) is 4.79 Å². The number of carbonyl (C=O) groups excluding carboxylic acids is 1. The zero-order valence-corrected chi connectivity index (χ0v) is 9.92. The van der Waals surface area contributed by atoms with Crippen LogP contribution in [0.4, 0.5) is 0 Å². The maximum absolute atomic E-state index is 11.9. The number of hydrogen-bond acceptors (Lipinski definition) is 1. The molecular formula is C12H21NO. The Balaban J connectivity index is 2.59. The van der Waals surface area contributed by atoms with Gasteiger partial charge in [0.1, 0.15) is 0 Å². The van der Waals surface area contributed by atoms with E-state index in [0.717, 1.165) is 13.1 Å². The highest BCUT2D eigenvalue weighted by Crippen LogP contribution is 2.23. The van der Waals surface area contributed by atoms with Gasteiger partial charge in [-0.05, 0) is 5.92 Å². The van der Waals surface area contributed by atoms with Crippen molar-refractivity contribution in [1.29, 1.82) is 0 Å². The molecule has 2 nitrogen and oxygen atoms in total. The van der Waals surface area contributed by atoms with Gasteiger partial charge >= 0.3 is 0 Å². The van der Waals surface area contributed by atoms with Crippen molar-refractivity contribution >= 4 is 5.91 Å². The molecule has 0 aliphatic carbocycles. The third-order valence-corrected chi connectivity index (χ3v) is 2.62. The largest absolute Gasteiger partial charge is 0.335 e. The van der Waals surface area contributed by atoms with Crippen LogP contribution in [0.1, 0.15) is 34.6 Å². The van der Waals surface area contributed by atoms with Crippen LogP contribution in [-0.4, -0.2) is 23.9 Å². The van der Waals surface area contributed by atoms with E-state index in [1.165, 1.54) is 5.57 Å². The SMILES string of the molecule is CC(C)C1=CCN(C(=O)C(C)(C)C)C1. The lowest BCUT2D eigenvalue weighted by atomic mass is 9.94. The Kier molecular flexibility index (Phi) is 3.03. The monoisotopic (exact) mass is 195 g/mol. The van der Waals surface area contributed by atoms with E-state index >= 15 is 0 Å². The summed E-state index contributed by atoms with van der Waals surface area (Å²) in [7, 11) is 0. The molecule has 0 unspecified atom stereocenters. The number of amides is 1. The van der Waals surface area contributed by atoms with E-state index in [2.05, 4.69) is 19.9 Å². The van der Waals surface area contributed by atoms with Crippen LogP contribution >= 0.6 is 0 Å². The molecule has 0 fully saturated rings. The first kappa shape index (κ1) is 11.3. The molecule has 0 aromatic heterocycles. The van der Waals surface area contributed by atoms with Crippen molar-refractivity contribution in [2.45, 2.75) is 34.6 Å². The molecule has 1 aliphatic heterocycles. The van der Waals surface area contributed by atoms with Gasteiger partial charge in [0.25, 0.3) is 0 Å². The first-order valence-corrected chi connectivity index (χ1v) is 5.30. The predicted octanol–water partition coefficient (Wildman–Crippen LogP) is 2.46. The van der Waals surface area contributed by atoms with Crippen molar-refractivity contribution in [3.8, 4) is 0 Å². The van der Waals surface area contributed by atoms with E-state index in [9.17, 15) is 4.79 Å². The Bertz CT molecular complexity index is 258. The summed E-state index contributed by atoms with van der Waals surface area (Å²) in [6.45, 7) is 11.9. The molecule has 0 radical (unpaired) electrons. The normalized spacial score (nSPS) is 17.6. The van der Waals surface area contributed by atoms with Gasteiger partial charge in [0.2, 0.25) is 5.91 Å². The molecule has 0 aromatic rings. The number of nitrogens with zero attached hydrogens (tertiary/aromatic N) is 1. The third-order valence-electron chi connectivity index (χ3n) is 2.62. The molecule has 1 rings (SSSR count). The van der Waals surface area contributed by atoms with Crippen LogP contribution in [0.2, 0.25) is 0 Å². The van der Waals surface area contributed by atoms with Gasteiger partial charge in [0, 0.05) is 18.5 Å². The number of rotatable bonds is 1. The predicted molar refractivity (Wildman–Crippen MR) is 59.0 cm³/mol. The summed E-state index contributed by atoms with van der Waals surface area (Å²) in [4.78, 5) is 13.9. The minimum atomic E-state index is -0.250. The highest BCUT2D eigenvalue weighted by molar-refractivity contribution is 5.82. The van der Waals surface area contributed by atoms with E-state index in [4.69, 9.17) is 0 Å². The molecule has 14 heavy (non-hydrogen) atoms. The molecular weight excluding hydrogens is 174 g/mol. The van der Waals surface area contributed by atoms with E-state index in [1.54, 1.807) is 0 Å². The van der Waals surface area contributed by atoms with Crippen molar-refractivity contribution in [3.63, 3.8) is 0 Å². The van der Waals surface area contributed by atoms with Gasteiger partial charge < -0.3 is 4.90 Å². The number of carbonyl (C=O) groups is 1. The fraction of sp³-hybridized carbons (Fsp3) is 0.750. The smallest absolute Gasteiger partial charge is 0.228 e. The minimum absolute atomic E-state index is 0.250. The third kappa shape index (κ3) is 2.37. The fourth-order valence-corrected chi connectivity index (χ4v) is 1.62. The summed E-state index contributed by atoms with van der Waals surface area (Å²) in [5.41, 5.74) is 1.14. The molecule has 80 valence electrons. The molecule has 0 spiro atoms. The van der Waals surface area contributed by atoms with Gasteiger partial charge in [0.05, 0.1) is 0 Å². The lowest BCUT2D eigenvalue weighted by Crippen LogP contribution is -2.38. The van der Waals surface area contributed by atoms with Gasteiger partial charge in [0.15, 0.2) is 0 Å². The molecule has 0 bridgehead atoms. The summed E-state index contributed by atoms with van der Waals surface area (Å²) in [6, 6.07) is 0. The van der Waals surface area contributed by atoms with E-state index in [1.807, 2.05) is 25.7 Å². The molecule has 0 N–H and O–H groups in total. The van der Waals surface area contributed by atoms with Gasteiger partial charge in [-0.1, -0.05) is 46.3 Å². The quantitative estimate of drug-likeness (QED) is 0.589. The lowest BCUT2D eigenvalue weighted by molar-refractivity contribution is -0.138. The fourth-order valence-electron chi connectivity index (χ4n) is 1.62. The first-order chi connectivity index (χ1) is 6.32. The Morgan fingerprint density at radius 1 is 1.43 bits per heavy atom. The Labute approximate surface area is 87.0 Å². The topological polar surface area (TPSA) is 20.3 Å². The van der Waals surface area contributed by atoms with Crippen LogP contribution in [0.5, 0.6) is 0 Å². The lowest BCUT2D eigenvalue weighted by Gasteiger charge is -2.26. The Morgan fingerprint density at radius 3 is 2.36 bits per heavy atom. The number of hydrogen-bond donors (Lipinski definition) is 0. The second-order valence-corrected chi connectivity index (χ2v) is 5.37. The maximum atomic E-state index is 11.9. The van der Waals surface area contributed by atoms with Gasteiger partial charge in [-0.15, -0.1) is 0 Å². The summed E-state index contributed by atoms with van der Waals surface area (Å²) >= 11 is 0. The first-order valence-electron chi connectivity index (χ1n) is 5.30. The second kappa shape index (κ2) is 3.76. The highest BCUT2D eigenvalue weighted by Gasteiger charge is 2.29. The van der Waals surface area contributed by atoms with E-state index in [0.29, 0.717) is 5.92 Å². The molecule has 1 aliphatic rings. The van der Waals surface area contributed by atoms with Crippen molar-refractivity contribution in [3.05, 3.63) is 11.6 Å². The average Bonchev–Trinajstić information content (AvgIpc) is 2.48. The van der Waals surface area contributed by atoms with Crippen LogP contribution in [0.15, 0.2) is 11.6 Å². The summed E-state index contributed by atoms with van der Waals surface area (Å²) in [5.74, 6) is 0.817. The van der Waals surface area contributed by atoms with Gasteiger partial charge in [-0.25, -0.2) is 0 Å². The summed E-state index contributed by atoms with van der Waals surface area (Å²) < 4.78 is 0. The molecule has 0 aromatic carbocycles. The summed E-state index contributed by atoms with van der Waals surface area (Å²) in [5, 5.41) is 0. The molecule has 1 amide bonds. The van der Waals surface area contributed by atoms with Gasteiger partial charge in [-0.2, -0.15) is 0 Å². The molecule has 1 heterocycles. The van der Waals surface area contributed by atoms with Crippen molar-refractivity contribution < 1.29 is 4.79 Å². The van der Waals surface area contributed by atoms with Crippen LogP contribution < -0.4 is 0 Å². The highest BCUT2D eigenvalue weighted by atomic mass is 16.2. The average molecular weight is 195 g/mol. The van der Waals surface area contributed by atoms with Crippen LogP contribution in [0.3, 0.4) is 0 Å². The molecule has 0 atom stereocenters. The summed E-state index contributed by atoms with van der Waals surface area (Å²) in [6.07, 6.45) is 2.19. The van der Waals surface area contributed by atoms with E-state index in [-0.39, 0.29) is 11.3 Å². The van der Waals surface area contributed by atoms with Crippen LogP contribution in [-0.2, 0) is 4.79 Å². The molecule has 2 heteroatoms.